The standard InChI is InChI=1S/C28H26ClN7O5/c1-27(2,3)40-25(37)36(26(38)41-28(4,5)6)22-20(24-35-34-23(39-24)16-10-8-7-9-11-16)33-19(15-32-22)17-12-13-31-21(29)18(17)14-30/h7-13,15H,1-6H3. The minimum absolute atomic E-state index is 0.0364. The minimum Gasteiger partial charge on any atom is -0.443 e. The quantitative estimate of drug-likeness (QED) is 0.246. The van der Waals surface area contributed by atoms with Gasteiger partial charge in [0.2, 0.25) is 5.89 Å². The van der Waals surface area contributed by atoms with Gasteiger partial charge in [-0.25, -0.2) is 24.5 Å². The van der Waals surface area contributed by atoms with Crippen molar-refractivity contribution in [2.24, 2.45) is 0 Å². The van der Waals surface area contributed by atoms with Crippen LogP contribution in [0.4, 0.5) is 15.4 Å². The number of nitriles is 1. The summed E-state index contributed by atoms with van der Waals surface area (Å²) in [6.07, 6.45) is 0.536. The third-order valence-corrected chi connectivity index (χ3v) is 5.34. The van der Waals surface area contributed by atoms with Gasteiger partial charge in [0, 0.05) is 17.3 Å². The summed E-state index contributed by atoms with van der Waals surface area (Å²) < 4.78 is 16.9. The Kier molecular flexibility index (Phi) is 8.02. The molecule has 41 heavy (non-hydrogen) atoms. The summed E-state index contributed by atoms with van der Waals surface area (Å²) in [6, 6.07) is 12.5. The number of hydrogen-bond donors (Lipinski definition) is 0. The number of ether oxygens (including phenoxy) is 2. The van der Waals surface area contributed by atoms with Gasteiger partial charge in [-0.15, -0.1) is 10.2 Å². The van der Waals surface area contributed by atoms with E-state index in [1.807, 2.05) is 12.1 Å². The van der Waals surface area contributed by atoms with E-state index in [-0.39, 0.29) is 39.7 Å². The number of amides is 2. The van der Waals surface area contributed by atoms with Crippen molar-refractivity contribution in [3.05, 3.63) is 59.5 Å². The Balaban J connectivity index is 1.95. The van der Waals surface area contributed by atoms with Crippen LogP contribution in [0, 0.1) is 11.3 Å². The number of benzene rings is 1. The van der Waals surface area contributed by atoms with Crippen LogP contribution in [0.5, 0.6) is 0 Å². The molecule has 210 valence electrons. The first-order valence-electron chi connectivity index (χ1n) is 12.3. The third kappa shape index (κ3) is 6.82. The van der Waals surface area contributed by atoms with Crippen molar-refractivity contribution >= 4 is 29.6 Å². The molecule has 13 heteroatoms. The van der Waals surface area contributed by atoms with Crippen molar-refractivity contribution in [3.63, 3.8) is 0 Å². The SMILES string of the molecule is CC(C)(C)OC(=O)N(C(=O)OC(C)(C)C)c1ncc(-c2ccnc(Cl)c2C#N)nc1-c1nnc(-c2ccccc2)o1. The lowest BCUT2D eigenvalue weighted by atomic mass is 10.1. The second kappa shape index (κ2) is 11.3. The normalized spacial score (nSPS) is 11.5. The molecule has 12 nitrogen and oxygen atoms in total. The fourth-order valence-corrected chi connectivity index (χ4v) is 3.66. The predicted octanol–water partition coefficient (Wildman–Crippen LogP) is 6.46. The summed E-state index contributed by atoms with van der Waals surface area (Å²) in [4.78, 5) is 40.3. The van der Waals surface area contributed by atoms with Gasteiger partial charge in [-0.1, -0.05) is 29.8 Å². The fraction of sp³-hybridized carbons (Fsp3) is 0.286. The van der Waals surface area contributed by atoms with Crippen molar-refractivity contribution < 1.29 is 23.5 Å². The van der Waals surface area contributed by atoms with Crippen LogP contribution < -0.4 is 4.90 Å². The number of pyridine rings is 1. The largest absolute Gasteiger partial charge is 0.443 e. The highest BCUT2D eigenvalue weighted by atomic mass is 35.5. The fourth-order valence-electron chi connectivity index (χ4n) is 3.45. The van der Waals surface area contributed by atoms with Crippen LogP contribution in [0.15, 0.2) is 53.2 Å². The number of halogens is 1. The highest BCUT2D eigenvalue weighted by molar-refractivity contribution is 6.31. The Hall–Kier alpha value is -4.89. The van der Waals surface area contributed by atoms with Gasteiger partial charge < -0.3 is 13.9 Å². The molecule has 3 aromatic heterocycles. The highest BCUT2D eigenvalue weighted by Crippen LogP contribution is 2.34. The van der Waals surface area contributed by atoms with E-state index in [1.54, 1.807) is 65.8 Å². The van der Waals surface area contributed by atoms with Crippen molar-refractivity contribution in [2.75, 3.05) is 4.90 Å². The average molecular weight is 576 g/mol. The molecule has 0 bridgehead atoms. The first-order valence-corrected chi connectivity index (χ1v) is 12.7. The maximum Gasteiger partial charge on any atom is 0.425 e. The molecule has 0 unspecified atom stereocenters. The predicted molar refractivity (Wildman–Crippen MR) is 149 cm³/mol. The van der Waals surface area contributed by atoms with E-state index in [1.165, 1.54) is 18.5 Å². The maximum atomic E-state index is 13.4. The highest BCUT2D eigenvalue weighted by Gasteiger charge is 2.37. The van der Waals surface area contributed by atoms with Gasteiger partial charge in [-0.2, -0.15) is 10.2 Å². The molecule has 3 heterocycles. The number of imide groups is 1. The van der Waals surface area contributed by atoms with Crippen LogP contribution in [-0.2, 0) is 9.47 Å². The van der Waals surface area contributed by atoms with Gasteiger partial charge in [-0.05, 0) is 59.7 Å². The lowest BCUT2D eigenvalue weighted by Crippen LogP contribution is -2.44. The molecule has 0 radical (unpaired) electrons. The topological polar surface area (TPSA) is 157 Å². The Morgan fingerprint density at radius 3 is 2.12 bits per heavy atom. The molecule has 0 spiro atoms. The van der Waals surface area contributed by atoms with Crippen molar-refractivity contribution in [3.8, 4) is 40.4 Å². The average Bonchev–Trinajstić information content (AvgIpc) is 3.37. The zero-order valence-corrected chi connectivity index (χ0v) is 23.9. The number of carbonyl (C=O) groups excluding carboxylic acids is 2. The van der Waals surface area contributed by atoms with E-state index in [9.17, 15) is 14.9 Å². The summed E-state index contributed by atoms with van der Waals surface area (Å²) in [6.45, 7) is 9.88. The van der Waals surface area contributed by atoms with Crippen LogP contribution in [0.2, 0.25) is 5.15 Å². The van der Waals surface area contributed by atoms with E-state index in [0.29, 0.717) is 16.0 Å². The van der Waals surface area contributed by atoms with Crippen LogP contribution in [0.3, 0.4) is 0 Å². The molecule has 0 saturated heterocycles. The molecule has 0 atom stereocenters. The van der Waals surface area contributed by atoms with Crippen LogP contribution in [0.1, 0.15) is 47.1 Å². The van der Waals surface area contributed by atoms with Gasteiger partial charge in [0.25, 0.3) is 5.89 Å². The number of aromatic nitrogens is 5. The molecular formula is C28H26ClN7O5. The Labute approximate surface area is 240 Å². The van der Waals surface area contributed by atoms with Gasteiger partial charge in [0.15, 0.2) is 11.5 Å². The first-order chi connectivity index (χ1) is 19.3. The molecule has 1 aromatic carbocycles. The Morgan fingerprint density at radius 2 is 1.54 bits per heavy atom. The monoisotopic (exact) mass is 575 g/mol. The van der Waals surface area contributed by atoms with Crippen molar-refractivity contribution in [1.82, 2.24) is 25.1 Å². The minimum atomic E-state index is -1.07. The van der Waals surface area contributed by atoms with E-state index in [4.69, 9.17) is 25.5 Å². The van der Waals surface area contributed by atoms with Gasteiger partial charge in [-0.3, -0.25) is 0 Å². The number of rotatable bonds is 4. The molecule has 0 saturated carbocycles. The van der Waals surface area contributed by atoms with Gasteiger partial charge in [0.05, 0.1) is 17.5 Å². The molecule has 0 fully saturated rings. The lowest BCUT2D eigenvalue weighted by molar-refractivity contribution is 0.0429. The molecule has 0 N–H and O–H groups in total. The molecule has 2 amide bonds. The molecule has 4 aromatic rings. The van der Waals surface area contributed by atoms with E-state index >= 15 is 0 Å². The Bertz CT molecular complexity index is 1610. The second-order valence-corrected chi connectivity index (χ2v) is 11.0. The van der Waals surface area contributed by atoms with E-state index in [2.05, 4.69) is 25.1 Å². The third-order valence-electron chi connectivity index (χ3n) is 5.06. The van der Waals surface area contributed by atoms with Crippen LogP contribution in [0.25, 0.3) is 34.3 Å². The summed E-state index contributed by atoms with van der Waals surface area (Å²) in [7, 11) is 0. The van der Waals surface area contributed by atoms with E-state index in [0.717, 1.165) is 0 Å². The summed E-state index contributed by atoms with van der Waals surface area (Å²) >= 11 is 6.14. The molecule has 0 aliphatic carbocycles. The van der Waals surface area contributed by atoms with Gasteiger partial charge in [0.1, 0.15) is 22.4 Å². The maximum absolute atomic E-state index is 13.4. The van der Waals surface area contributed by atoms with Gasteiger partial charge >= 0.3 is 12.2 Å². The van der Waals surface area contributed by atoms with Crippen LogP contribution >= 0.6 is 11.6 Å². The molecule has 0 aliphatic rings. The molecule has 0 aliphatic heterocycles. The number of carbonyl (C=O) groups is 2. The summed E-state index contributed by atoms with van der Waals surface area (Å²) in [5.74, 6) is -0.298. The van der Waals surface area contributed by atoms with E-state index < -0.39 is 23.4 Å². The van der Waals surface area contributed by atoms with Crippen LogP contribution in [-0.4, -0.2) is 48.5 Å². The molecule has 4 rings (SSSR count). The van der Waals surface area contributed by atoms with Crippen molar-refractivity contribution in [2.45, 2.75) is 52.7 Å². The first kappa shape index (κ1) is 29.1. The number of anilines is 1. The number of hydrogen-bond acceptors (Lipinski definition) is 11. The second-order valence-electron chi connectivity index (χ2n) is 10.6. The van der Waals surface area contributed by atoms with Crippen molar-refractivity contribution in [1.29, 1.82) is 5.26 Å². The lowest BCUT2D eigenvalue weighted by Gasteiger charge is -2.28. The summed E-state index contributed by atoms with van der Waals surface area (Å²) in [5, 5.41) is 17.9. The summed E-state index contributed by atoms with van der Waals surface area (Å²) in [5.41, 5.74) is -0.939. The smallest absolute Gasteiger partial charge is 0.425 e. The zero-order chi connectivity index (χ0) is 29.9. The molecular weight excluding hydrogens is 550 g/mol. The Morgan fingerprint density at radius 1 is 0.927 bits per heavy atom. The number of nitrogens with zero attached hydrogens (tertiary/aromatic N) is 7. The zero-order valence-electron chi connectivity index (χ0n) is 23.2.